The van der Waals surface area contributed by atoms with E-state index in [4.69, 9.17) is 4.99 Å². The molecule has 0 aromatic heterocycles. The molecule has 2 saturated heterocycles. The molecule has 2 rings (SSSR count). The van der Waals surface area contributed by atoms with E-state index >= 15 is 0 Å². The Morgan fingerprint density at radius 3 is 2.48 bits per heavy atom. The smallest absolute Gasteiger partial charge is 0.191 e. The van der Waals surface area contributed by atoms with Crippen molar-refractivity contribution in [2.75, 3.05) is 63.9 Å². The van der Waals surface area contributed by atoms with E-state index in [0.29, 0.717) is 13.1 Å². The summed E-state index contributed by atoms with van der Waals surface area (Å²) in [4.78, 5) is 9.51. The number of aliphatic imine (C=N–C) groups is 1. The van der Waals surface area contributed by atoms with E-state index in [-0.39, 0.29) is 35.5 Å². The van der Waals surface area contributed by atoms with Crippen molar-refractivity contribution < 1.29 is 8.42 Å². The summed E-state index contributed by atoms with van der Waals surface area (Å²) in [6, 6.07) is 0.727. The first-order chi connectivity index (χ1) is 12.5. The van der Waals surface area contributed by atoms with Gasteiger partial charge in [-0.15, -0.1) is 24.0 Å². The third-order valence-electron chi connectivity index (χ3n) is 5.38. The fourth-order valence-corrected chi connectivity index (χ4v) is 5.03. The van der Waals surface area contributed by atoms with E-state index < -0.39 is 9.84 Å². The lowest BCUT2D eigenvalue weighted by molar-refractivity contribution is 0.148. The van der Waals surface area contributed by atoms with E-state index in [0.717, 1.165) is 44.7 Å². The molecule has 9 heteroatoms. The van der Waals surface area contributed by atoms with Gasteiger partial charge < -0.3 is 10.6 Å². The molecular weight excluding hydrogens is 477 g/mol. The zero-order valence-corrected chi connectivity index (χ0v) is 20.1. The van der Waals surface area contributed by atoms with Crippen LogP contribution < -0.4 is 10.6 Å². The van der Waals surface area contributed by atoms with Crippen LogP contribution in [0, 0.1) is 0 Å². The van der Waals surface area contributed by atoms with Crippen molar-refractivity contribution in [1.29, 1.82) is 0 Å². The third kappa shape index (κ3) is 9.27. The summed E-state index contributed by atoms with van der Waals surface area (Å²) in [5, 5.41) is 6.68. The van der Waals surface area contributed by atoms with Gasteiger partial charge in [0.2, 0.25) is 0 Å². The molecule has 0 aromatic carbocycles. The maximum atomic E-state index is 11.5. The Hall–Kier alpha value is -0.130. The molecule has 2 aliphatic heterocycles. The van der Waals surface area contributed by atoms with Crippen LogP contribution in [-0.4, -0.2) is 94.1 Å². The number of nitrogens with zero attached hydrogens (tertiary/aromatic N) is 3. The average molecular weight is 516 g/mol. The Morgan fingerprint density at radius 1 is 1.07 bits per heavy atom. The van der Waals surface area contributed by atoms with Gasteiger partial charge in [-0.3, -0.25) is 14.8 Å². The summed E-state index contributed by atoms with van der Waals surface area (Å²) in [5.41, 5.74) is 0. The molecule has 0 saturated carbocycles. The van der Waals surface area contributed by atoms with Gasteiger partial charge in [-0.05, 0) is 32.7 Å². The number of rotatable bonds is 8. The largest absolute Gasteiger partial charge is 0.357 e. The molecule has 0 spiro atoms. The van der Waals surface area contributed by atoms with Crippen LogP contribution >= 0.6 is 24.0 Å². The van der Waals surface area contributed by atoms with Gasteiger partial charge in [0.05, 0.1) is 18.1 Å². The molecule has 1 atom stereocenters. The lowest BCUT2D eigenvalue weighted by Gasteiger charge is -2.34. The van der Waals surface area contributed by atoms with Crippen molar-refractivity contribution in [3.63, 3.8) is 0 Å². The van der Waals surface area contributed by atoms with Crippen LogP contribution in [0.25, 0.3) is 0 Å². The van der Waals surface area contributed by atoms with Crippen LogP contribution in [0.1, 0.15) is 39.5 Å². The average Bonchev–Trinajstić information content (AvgIpc) is 2.63. The number of guanidine groups is 1. The minimum absolute atomic E-state index is 0. The van der Waals surface area contributed by atoms with Crippen LogP contribution in [0.15, 0.2) is 4.99 Å². The maximum Gasteiger partial charge on any atom is 0.191 e. The molecule has 0 bridgehead atoms. The van der Waals surface area contributed by atoms with Gasteiger partial charge in [-0.25, -0.2) is 8.42 Å². The first kappa shape index (κ1) is 24.9. The predicted molar refractivity (Wildman–Crippen MR) is 124 cm³/mol. The van der Waals surface area contributed by atoms with Crippen molar-refractivity contribution in [2.45, 2.75) is 45.6 Å². The van der Waals surface area contributed by atoms with Crippen LogP contribution in [0.2, 0.25) is 0 Å². The second kappa shape index (κ2) is 13.2. The lowest BCUT2D eigenvalue weighted by Crippen LogP contribution is -2.46. The van der Waals surface area contributed by atoms with E-state index in [2.05, 4.69) is 34.3 Å². The van der Waals surface area contributed by atoms with Gasteiger partial charge in [0, 0.05) is 45.3 Å². The van der Waals surface area contributed by atoms with Crippen molar-refractivity contribution >= 4 is 39.8 Å². The Balaban J connectivity index is 0.00000364. The van der Waals surface area contributed by atoms with E-state index in [1.165, 1.54) is 32.2 Å². The Labute approximate surface area is 182 Å². The summed E-state index contributed by atoms with van der Waals surface area (Å²) in [6.45, 7) is 11.2. The molecule has 2 aliphatic rings. The topological polar surface area (TPSA) is 77.0 Å². The number of nitrogens with one attached hydrogen (secondary N) is 2. The summed E-state index contributed by atoms with van der Waals surface area (Å²) in [7, 11) is -2.80. The minimum Gasteiger partial charge on any atom is -0.357 e. The minimum atomic E-state index is -2.80. The van der Waals surface area contributed by atoms with Gasteiger partial charge in [0.1, 0.15) is 0 Å². The first-order valence-corrected chi connectivity index (χ1v) is 12.0. The Morgan fingerprint density at radius 2 is 1.81 bits per heavy atom. The van der Waals surface area contributed by atoms with Crippen LogP contribution in [0.3, 0.4) is 0 Å². The highest BCUT2D eigenvalue weighted by Gasteiger charge is 2.21. The fourth-order valence-electron chi connectivity index (χ4n) is 3.75. The van der Waals surface area contributed by atoms with E-state index in [1.807, 2.05) is 0 Å². The van der Waals surface area contributed by atoms with Gasteiger partial charge in [0.25, 0.3) is 0 Å². The van der Waals surface area contributed by atoms with E-state index in [1.54, 1.807) is 0 Å². The highest BCUT2D eigenvalue weighted by molar-refractivity contribution is 14.0. The highest BCUT2D eigenvalue weighted by Crippen LogP contribution is 2.18. The van der Waals surface area contributed by atoms with Crippen LogP contribution in [-0.2, 0) is 9.84 Å². The van der Waals surface area contributed by atoms with Crippen molar-refractivity contribution in [3.8, 4) is 0 Å². The normalized spacial score (nSPS) is 24.2. The highest BCUT2D eigenvalue weighted by atomic mass is 127. The summed E-state index contributed by atoms with van der Waals surface area (Å²) >= 11 is 0. The van der Waals surface area contributed by atoms with Gasteiger partial charge in [0.15, 0.2) is 15.8 Å². The van der Waals surface area contributed by atoms with Gasteiger partial charge >= 0.3 is 0 Å². The molecule has 2 N–H and O–H groups in total. The quantitative estimate of drug-likeness (QED) is 0.287. The van der Waals surface area contributed by atoms with Crippen molar-refractivity contribution in [1.82, 2.24) is 20.4 Å². The van der Waals surface area contributed by atoms with Crippen LogP contribution in [0.5, 0.6) is 0 Å². The van der Waals surface area contributed by atoms with Gasteiger partial charge in [-0.2, -0.15) is 0 Å². The zero-order chi connectivity index (χ0) is 18.8. The molecule has 160 valence electrons. The van der Waals surface area contributed by atoms with Crippen molar-refractivity contribution in [2.24, 2.45) is 4.99 Å². The Bertz CT molecular complexity index is 530. The van der Waals surface area contributed by atoms with E-state index in [9.17, 15) is 8.42 Å². The molecule has 0 radical (unpaired) electrons. The first-order valence-electron chi connectivity index (χ1n) is 10.2. The molecular formula is C18H38IN5O2S. The van der Waals surface area contributed by atoms with Crippen molar-refractivity contribution in [3.05, 3.63) is 0 Å². The summed E-state index contributed by atoms with van der Waals surface area (Å²) in [6.07, 6.45) is 5.22. The number of hydrogen-bond acceptors (Lipinski definition) is 5. The molecule has 1 unspecified atom stereocenters. The zero-order valence-electron chi connectivity index (χ0n) is 17.0. The molecule has 0 amide bonds. The number of likely N-dealkylation sites (tertiary alicyclic amines) is 1. The second-order valence-electron chi connectivity index (χ2n) is 7.27. The molecule has 2 fully saturated rings. The summed E-state index contributed by atoms with van der Waals surface area (Å²) in [5.74, 6) is 1.44. The molecule has 7 nitrogen and oxygen atoms in total. The molecule has 27 heavy (non-hydrogen) atoms. The van der Waals surface area contributed by atoms with Gasteiger partial charge in [-0.1, -0.05) is 13.3 Å². The lowest BCUT2D eigenvalue weighted by atomic mass is 10.0. The monoisotopic (exact) mass is 515 g/mol. The standard InChI is InChI=1S/C18H37N5O2S.HI/c1-3-17-7-5-6-10-23(17)12-9-21-18(19-4-2)20-8-11-22-13-15-26(24,25)16-14-22;/h17H,3-16H2,1-2H3,(H2,19,20,21);1H. The van der Waals surface area contributed by atoms with Crippen LogP contribution in [0.4, 0.5) is 0 Å². The number of piperidine rings is 1. The fraction of sp³-hybridized carbons (Fsp3) is 0.944. The molecule has 0 aliphatic carbocycles. The number of sulfone groups is 1. The Kier molecular flexibility index (Phi) is 12.1. The molecule has 0 aromatic rings. The third-order valence-corrected chi connectivity index (χ3v) is 6.99. The predicted octanol–water partition coefficient (Wildman–Crippen LogP) is 1.15. The maximum absolute atomic E-state index is 11.5. The number of halogens is 1. The molecule has 2 heterocycles. The summed E-state index contributed by atoms with van der Waals surface area (Å²) < 4.78 is 23.0. The SMILES string of the molecule is CCNC(=NCCN1CCCCC1CC)NCCN1CCS(=O)(=O)CC1.I. The second-order valence-corrected chi connectivity index (χ2v) is 9.58. The number of hydrogen-bond donors (Lipinski definition) is 2.